The maximum atomic E-state index is 5.87. The zero-order valence-corrected chi connectivity index (χ0v) is 10.3. The molecule has 1 aliphatic rings. The average Bonchev–Trinajstić information content (AvgIpc) is 2.70. The van der Waals surface area contributed by atoms with Crippen LogP contribution in [0.2, 0.25) is 0 Å². The van der Waals surface area contributed by atoms with Crippen molar-refractivity contribution in [1.82, 2.24) is 14.6 Å². The summed E-state index contributed by atoms with van der Waals surface area (Å²) in [7, 11) is 0. The number of aromatic nitrogens is 3. The largest absolute Gasteiger partial charge is 0.492 e. The Morgan fingerprint density at radius 3 is 2.89 bits per heavy atom. The predicted octanol–water partition coefficient (Wildman–Crippen LogP) is 2.85. The fourth-order valence-electron chi connectivity index (χ4n) is 2.32. The van der Waals surface area contributed by atoms with Crippen molar-refractivity contribution in [3.8, 4) is 5.75 Å². The summed E-state index contributed by atoms with van der Waals surface area (Å²) in [5.74, 6) is 1.55. The molecule has 0 amide bonds. The van der Waals surface area contributed by atoms with Gasteiger partial charge in [-0.2, -0.15) is 0 Å². The summed E-state index contributed by atoms with van der Waals surface area (Å²) in [5, 5.41) is 7.83. The SMILES string of the molecule is C1=CCCC(COc2ccc3nncn3c2)CC1. The second-order valence-electron chi connectivity index (χ2n) is 4.76. The number of hydrogen-bond acceptors (Lipinski definition) is 3. The van der Waals surface area contributed by atoms with Crippen molar-refractivity contribution in [2.45, 2.75) is 25.7 Å². The van der Waals surface area contributed by atoms with E-state index in [1.54, 1.807) is 6.33 Å². The minimum absolute atomic E-state index is 0.664. The quantitative estimate of drug-likeness (QED) is 0.778. The summed E-state index contributed by atoms with van der Waals surface area (Å²) < 4.78 is 7.75. The maximum absolute atomic E-state index is 5.87. The van der Waals surface area contributed by atoms with Gasteiger partial charge in [0.05, 0.1) is 12.8 Å². The molecular formula is C14H17N3O. The second-order valence-corrected chi connectivity index (χ2v) is 4.76. The van der Waals surface area contributed by atoms with Gasteiger partial charge in [-0.3, -0.25) is 4.40 Å². The number of pyridine rings is 1. The molecule has 0 atom stereocenters. The van der Waals surface area contributed by atoms with Crippen LogP contribution in [0.1, 0.15) is 25.7 Å². The third-order valence-corrected chi connectivity index (χ3v) is 3.40. The molecule has 4 heteroatoms. The van der Waals surface area contributed by atoms with Crippen LogP contribution in [0.3, 0.4) is 0 Å². The highest BCUT2D eigenvalue weighted by molar-refractivity contribution is 5.39. The summed E-state index contributed by atoms with van der Waals surface area (Å²) in [5.41, 5.74) is 0.848. The molecule has 0 bridgehead atoms. The van der Waals surface area contributed by atoms with E-state index in [1.807, 2.05) is 22.7 Å². The van der Waals surface area contributed by atoms with Crippen LogP contribution < -0.4 is 4.74 Å². The molecule has 0 N–H and O–H groups in total. The van der Waals surface area contributed by atoms with Crippen LogP contribution in [0.4, 0.5) is 0 Å². The molecule has 2 heterocycles. The van der Waals surface area contributed by atoms with Gasteiger partial charge in [0.1, 0.15) is 12.1 Å². The lowest BCUT2D eigenvalue weighted by atomic mass is 10.0. The summed E-state index contributed by atoms with van der Waals surface area (Å²) in [6, 6.07) is 3.88. The van der Waals surface area contributed by atoms with E-state index in [0.29, 0.717) is 5.92 Å². The molecule has 0 saturated heterocycles. The van der Waals surface area contributed by atoms with Gasteiger partial charge < -0.3 is 4.74 Å². The van der Waals surface area contributed by atoms with Gasteiger partial charge in [-0.25, -0.2) is 0 Å². The molecule has 18 heavy (non-hydrogen) atoms. The van der Waals surface area contributed by atoms with E-state index in [1.165, 1.54) is 25.7 Å². The van der Waals surface area contributed by atoms with E-state index >= 15 is 0 Å². The molecule has 1 aliphatic carbocycles. The number of hydrogen-bond donors (Lipinski definition) is 0. The highest BCUT2D eigenvalue weighted by atomic mass is 16.5. The first kappa shape index (κ1) is 11.3. The van der Waals surface area contributed by atoms with E-state index in [4.69, 9.17) is 4.74 Å². The number of rotatable bonds is 3. The van der Waals surface area contributed by atoms with Gasteiger partial charge in [0.2, 0.25) is 0 Å². The standard InChI is InChI=1S/C14H17N3O/c1-2-4-6-12(5-3-1)10-18-13-7-8-14-16-15-11-17(14)9-13/h1-2,7-9,11-12H,3-6,10H2. The average molecular weight is 243 g/mol. The van der Waals surface area contributed by atoms with Crippen molar-refractivity contribution in [2.24, 2.45) is 5.92 Å². The molecule has 0 fully saturated rings. The lowest BCUT2D eigenvalue weighted by Gasteiger charge is -2.15. The van der Waals surface area contributed by atoms with E-state index in [9.17, 15) is 0 Å². The molecular weight excluding hydrogens is 226 g/mol. The zero-order valence-electron chi connectivity index (χ0n) is 10.3. The molecule has 2 aromatic heterocycles. The summed E-state index contributed by atoms with van der Waals surface area (Å²) in [6.45, 7) is 0.801. The van der Waals surface area contributed by atoms with Crippen molar-refractivity contribution >= 4 is 5.65 Å². The van der Waals surface area contributed by atoms with Crippen LogP contribution in [0.25, 0.3) is 5.65 Å². The van der Waals surface area contributed by atoms with Crippen LogP contribution in [-0.2, 0) is 0 Å². The first-order chi connectivity index (χ1) is 8.92. The minimum atomic E-state index is 0.664. The third-order valence-electron chi connectivity index (χ3n) is 3.40. The zero-order chi connectivity index (χ0) is 12.2. The van der Waals surface area contributed by atoms with Crippen molar-refractivity contribution in [1.29, 1.82) is 0 Å². The minimum Gasteiger partial charge on any atom is -0.492 e. The normalized spacial score (nSPS) is 16.9. The lowest BCUT2D eigenvalue weighted by Crippen LogP contribution is -2.11. The third kappa shape index (κ3) is 2.53. The van der Waals surface area contributed by atoms with Crippen LogP contribution in [-0.4, -0.2) is 21.2 Å². The molecule has 0 unspecified atom stereocenters. The fraction of sp³-hybridized carbons (Fsp3) is 0.429. The Morgan fingerprint density at radius 2 is 2.06 bits per heavy atom. The van der Waals surface area contributed by atoms with Crippen LogP contribution in [0.15, 0.2) is 36.8 Å². The number of nitrogens with zero attached hydrogens (tertiary/aromatic N) is 3. The maximum Gasteiger partial charge on any atom is 0.160 e. The van der Waals surface area contributed by atoms with Gasteiger partial charge in [-0.1, -0.05) is 12.2 Å². The van der Waals surface area contributed by atoms with E-state index in [-0.39, 0.29) is 0 Å². The molecule has 2 aromatic rings. The summed E-state index contributed by atoms with van der Waals surface area (Å²) in [4.78, 5) is 0. The molecule has 0 spiro atoms. The first-order valence-corrected chi connectivity index (χ1v) is 6.49. The Morgan fingerprint density at radius 1 is 1.22 bits per heavy atom. The Labute approximate surface area is 106 Å². The summed E-state index contributed by atoms with van der Waals surface area (Å²) >= 11 is 0. The lowest BCUT2D eigenvalue weighted by molar-refractivity contribution is 0.234. The van der Waals surface area contributed by atoms with Gasteiger partial charge in [-0.15, -0.1) is 10.2 Å². The van der Waals surface area contributed by atoms with Gasteiger partial charge in [0.25, 0.3) is 0 Å². The van der Waals surface area contributed by atoms with Gasteiger partial charge in [-0.05, 0) is 43.7 Å². The highest BCUT2D eigenvalue weighted by Gasteiger charge is 2.10. The second kappa shape index (κ2) is 5.21. The molecule has 0 aromatic carbocycles. The fourth-order valence-corrected chi connectivity index (χ4v) is 2.32. The van der Waals surface area contributed by atoms with Gasteiger partial charge in [0, 0.05) is 0 Å². The van der Waals surface area contributed by atoms with Crippen molar-refractivity contribution in [3.05, 3.63) is 36.8 Å². The van der Waals surface area contributed by atoms with Gasteiger partial charge >= 0.3 is 0 Å². The Balaban J connectivity index is 1.61. The van der Waals surface area contributed by atoms with Gasteiger partial charge in [0.15, 0.2) is 5.65 Å². The highest BCUT2D eigenvalue weighted by Crippen LogP contribution is 2.20. The van der Waals surface area contributed by atoms with Crippen LogP contribution >= 0.6 is 0 Å². The molecule has 4 nitrogen and oxygen atoms in total. The Kier molecular flexibility index (Phi) is 3.26. The molecule has 94 valence electrons. The molecule has 0 saturated carbocycles. The van der Waals surface area contributed by atoms with Crippen molar-refractivity contribution in [2.75, 3.05) is 6.61 Å². The molecule has 0 radical (unpaired) electrons. The van der Waals surface area contributed by atoms with Crippen LogP contribution in [0, 0.1) is 5.92 Å². The van der Waals surface area contributed by atoms with Crippen LogP contribution in [0.5, 0.6) is 5.75 Å². The Hall–Kier alpha value is -1.84. The number of allylic oxidation sites excluding steroid dienone is 2. The molecule has 3 rings (SSSR count). The summed E-state index contributed by atoms with van der Waals surface area (Å²) in [6.07, 6.45) is 13.0. The van der Waals surface area contributed by atoms with E-state index < -0.39 is 0 Å². The predicted molar refractivity (Wildman–Crippen MR) is 69.6 cm³/mol. The van der Waals surface area contributed by atoms with Crippen molar-refractivity contribution in [3.63, 3.8) is 0 Å². The smallest absolute Gasteiger partial charge is 0.160 e. The Bertz CT molecular complexity index is 537. The first-order valence-electron chi connectivity index (χ1n) is 6.49. The topological polar surface area (TPSA) is 39.4 Å². The molecule has 0 aliphatic heterocycles. The van der Waals surface area contributed by atoms with Crippen molar-refractivity contribution < 1.29 is 4.74 Å². The monoisotopic (exact) mass is 243 g/mol. The number of ether oxygens (including phenoxy) is 1. The van der Waals surface area contributed by atoms with E-state index in [0.717, 1.165) is 18.0 Å². The van der Waals surface area contributed by atoms with E-state index in [2.05, 4.69) is 22.3 Å². The number of fused-ring (bicyclic) bond motifs is 1.